The highest BCUT2D eigenvalue weighted by Gasteiger charge is 2.20. The molecule has 2 N–H and O–H groups in total. The van der Waals surface area contributed by atoms with Crippen LogP contribution in [0, 0.1) is 5.92 Å². The zero-order valence-electron chi connectivity index (χ0n) is 9.37. The number of nitrogens with two attached hydrogens (primary N) is 1. The lowest BCUT2D eigenvalue weighted by Crippen LogP contribution is -2.23. The van der Waals surface area contributed by atoms with Gasteiger partial charge >= 0.3 is 0 Å². The molecule has 1 fully saturated rings. The maximum Gasteiger partial charge on any atom is 0.0478 e. The van der Waals surface area contributed by atoms with Crippen molar-refractivity contribution in [2.45, 2.75) is 26.2 Å². The molecule has 0 bridgehead atoms. The molecular formula is C11H24N2O. The quantitative estimate of drug-likeness (QED) is 0.625. The van der Waals surface area contributed by atoms with E-state index in [1.54, 1.807) is 0 Å². The highest BCUT2D eigenvalue weighted by Crippen LogP contribution is 2.18. The number of ether oxygens (including phenoxy) is 1. The van der Waals surface area contributed by atoms with E-state index >= 15 is 0 Å². The molecule has 0 saturated carbocycles. The smallest absolute Gasteiger partial charge is 0.0478 e. The first-order valence-corrected chi connectivity index (χ1v) is 5.87. The molecule has 1 aliphatic heterocycles. The molecule has 0 aliphatic carbocycles. The second-order valence-corrected chi connectivity index (χ2v) is 4.08. The minimum absolute atomic E-state index is 0.843. The van der Waals surface area contributed by atoms with E-state index in [1.165, 1.54) is 38.9 Å². The van der Waals surface area contributed by atoms with Gasteiger partial charge in [0.2, 0.25) is 0 Å². The van der Waals surface area contributed by atoms with Gasteiger partial charge in [-0.2, -0.15) is 0 Å². The molecule has 1 heterocycles. The van der Waals surface area contributed by atoms with Crippen LogP contribution in [0.2, 0.25) is 0 Å². The van der Waals surface area contributed by atoms with Crippen LogP contribution in [-0.4, -0.2) is 44.3 Å². The highest BCUT2D eigenvalue weighted by molar-refractivity contribution is 4.75. The van der Waals surface area contributed by atoms with Gasteiger partial charge in [-0.15, -0.1) is 0 Å². The molecule has 0 aromatic carbocycles. The van der Waals surface area contributed by atoms with E-state index in [-0.39, 0.29) is 0 Å². The van der Waals surface area contributed by atoms with Crippen LogP contribution in [0.4, 0.5) is 0 Å². The average Bonchev–Trinajstić information content (AvgIpc) is 2.61. The summed E-state index contributed by atoms with van der Waals surface area (Å²) in [5.41, 5.74) is 5.55. The van der Waals surface area contributed by atoms with Crippen LogP contribution in [0.15, 0.2) is 0 Å². The Kier molecular flexibility index (Phi) is 6.15. The van der Waals surface area contributed by atoms with Crippen molar-refractivity contribution < 1.29 is 4.74 Å². The van der Waals surface area contributed by atoms with Gasteiger partial charge < -0.3 is 15.4 Å². The third-order valence-electron chi connectivity index (χ3n) is 2.91. The number of hydrogen-bond donors (Lipinski definition) is 1. The van der Waals surface area contributed by atoms with Crippen molar-refractivity contribution in [2.24, 2.45) is 11.7 Å². The second kappa shape index (κ2) is 7.21. The fourth-order valence-corrected chi connectivity index (χ4v) is 2.12. The van der Waals surface area contributed by atoms with Gasteiger partial charge in [0, 0.05) is 26.3 Å². The number of nitrogens with zero attached hydrogens (tertiary/aromatic N) is 1. The van der Waals surface area contributed by atoms with Crippen molar-refractivity contribution in [1.29, 1.82) is 0 Å². The van der Waals surface area contributed by atoms with Gasteiger partial charge in [-0.3, -0.25) is 0 Å². The van der Waals surface area contributed by atoms with Gasteiger partial charge in [0.1, 0.15) is 0 Å². The minimum Gasteiger partial charge on any atom is -0.382 e. The Morgan fingerprint density at radius 1 is 1.50 bits per heavy atom. The summed E-state index contributed by atoms with van der Waals surface area (Å²) >= 11 is 0. The molecule has 0 aromatic heterocycles. The van der Waals surface area contributed by atoms with E-state index in [9.17, 15) is 0 Å². The molecule has 1 atom stereocenters. The lowest BCUT2D eigenvalue weighted by molar-refractivity contribution is 0.135. The van der Waals surface area contributed by atoms with Gasteiger partial charge in [-0.05, 0) is 45.2 Å². The Bertz CT molecular complexity index is 141. The summed E-state index contributed by atoms with van der Waals surface area (Å²) in [4.78, 5) is 2.54. The SMILES string of the molecule is CCOCCCN1CCC(CCN)C1. The number of likely N-dealkylation sites (tertiary alicyclic amines) is 1. The second-order valence-electron chi connectivity index (χ2n) is 4.08. The third-order valence-corrected chi connectivity index (χ3v) is 2.91. The molecule has 14 heavy (non-hydrogen) atoms. The fourth-order valence-electron chi connectivity index (χ4n) is 2.12. The molecule has 1 rings (SSSR count). The molecule has 84 valence electrons. The van der Waals surface area contributed by atoms with E-state index in [0.717, 1.165) is 25.7 Å². The molecule has 0 radical (unpaired) electrons. The zero-order valence-corrected chi connectivity index (χ0v) is 9.37. The normalized spacial score (nSPS) is 23.1. The fraction of sp³-hybridized carbons (Fsp3) is 1.00. The molecule has 1 unspecified atom stereocenters. The van der Waals surface area contributed by atoms with Gasteiger partial charge in [-0.1, -0.05) is 0 Å². The summed E-state index contributed by atoms with van der Waals surface area (Å²) in [6.07, 6.45) is 3.71. The Morgan fingerprint density at radius 3 is 3.07 bits per heavy atom. The largest absolute Gasteiger partial charge is 0.382 e. The summed E-state index contributed by atoms with van der Waals surface area (Å²) < 4.78 is 5.32. The number of rotatable bonds is 7. The molecule has 0 spiro atoms. The van der Waals surface area contributed by atoms with E-state index in [4.69, 9.17) is 10.5 Å². The maximum atomic E-state index is 5.55. The Balaban J connectivity index is 1.98. The molecule has 3 nitrogen and oxygen atoms in total. The van der Waals surface area contributed by atoms with E-state index in [1.807, 2.05) is 6.92 Å². The van der Waals surface area contributed by atoms with Crippen molar-refractivity contribution in [1.82, 2.24) is 4.90 Å². The standard InChI is InChI=1S/C11H24N2O/c1-2-14-9-3-7-13-8-5-11(10-13)4-6-12/h11H,2-10,12H2,1H3. The van der Waals surface area contributed by atoms with Crippen molar-refractivity contribution in [2.75, 3.05) is 39.4 Å². The van der Waals surface area contributed by atoms with Crippen molar-refractivity contribution in [3.63, 3.8) is 0 Å². The topological polar surface area (TPSA) is 38.5 Å². The van der Waals surface area contributed by atoms with Crippen LogP contribution < -0.4 is 5.73 Å². The monoisotopic (exact) mass is 200 g/mol. The van der Waals surface area contributed by atoms with Gasteiger partial charge in [0.25, 0.3) is 0 Å². The summed E-state index contributed by atoms with van der Waals surface area (Å²) in [6.45, 7) is 8.36. The van der Waals surface area contributed by atoms with Crippen LogP contribution >= 0.6 is 0 Å². The lowest BCUT2D eigenvalue weighted by Gasteiger charge is -2.15. The summed E-state index contributed by atoms with van der Waals surface area (Å²) in [5.74, 6) is 0.854. The molecular weight excluding hydrogens is 176 g/mol. The van der Waals surface area contributed by atoms with Gasteiger partial charge in [0.15, 0.2) is 0 Å². The Labute approximate surface area is 87.6 Å². The van der Waals surface area contributed by atoms with Crippen LogP contribution in [-0.2, 0) is 4.74 Å². The lowest BCUT2D eigenvalue weighted by atomic mass is 10.1. The van der Waals surface area contributed by atoms with Crippen LogP contribution in [0.25, 0.3) is 0 Å². The van der Waals surface area contributed by atoms with Crippen molar-refractivity contribution in [3.05, 3.63) is 0 Å². The first-order valence-electron chi connectivity index (χ1n) is 5.87. The highest BCUT2D eigenvalue weighted by atomic mass is 16.5. The van der Waals surface area contributed by atoms with Crippen LogP contribution in [0.5, 0.6) is 0 Å². The molecule has 0 amide bonds. The third kappa shape index (κ3) is 4.40. The van der Waals surface area contributed by atoms with E-state index in [0.29, 0.717) is 0 Å². The van der Waals surface area contributed by atoms with Crippen molar-refractivity contribution in [3.8, 4) is 0 Å². The average molecular weight is 200 g/mol. The van der Waals surface area contributed by atoms with Crippen LogP contribution in [0.1, 0.15) is 26.2 Å². The molecule has 0 aromatic rings. The minimum atomic E-state index is 0.843. The Hall–Kier alpha value is -0.120. The Morgan fingerprint density at radius 2 is 2.36 bits per heavy atom. The zero-order chi connectivity index (χ0) is 10.2. The van der Waals surface area contributed by atoms with Crippen LogP contribution in [0.3, 0.4) is 0 Å². The predicted octanol–water partition coefficient (Wildman–Crippen LogP) is 1.08. The summed E-state index contributed by atoms with van der Waals surface area (Å²) in [6, 6.07) is 0. The summed E-state index contributed by atoms with van der Waals surface area (Å²) in [7, 11) is 0. The first-order chi connectivity index (χ1) is 6.86. The van der Waals surface area contributed by atoms with Gasteiger partial charge in [0.05, 0.1) is 0 Å². The number of hydrogen-bond acceptors (Lipinski definition) is 3. The summed E-state index contributed by atoms with van der Waals surface area (Å²) in [5, 5.41) is 0. The first kappa shape index (κ1) is 12.0. The van der Waals surface area contributed by atoms with Crippen molar-refractivity contribution >= 4 is 0 Å². The molecule has 1 saturated heterocycles. The molecule has 1 aliphatic rings. The van der Waals surface area contributed by atoms with E-state index < -0.39 is 0 Å². The van der Waals surface area contributed by atoms with E-state index in [2.05, 4.69) is 4.90 Å². The van der Waals surface area contributed by atoms with Gasteiger partial charge in [-0.25, -0.2) is 0 Å². The molecule has 3 heteroatoms. The predicted molar refractivity (Wildman–Crippen MR) is 59.3 cm³/mol. The maximum absolute atomic E-state index is 5.55.